The lowest BCUT2D eigenvalue weighted by atomic mass is 10.0. The second kappa shape index (κ2) is 15.0. The quantitative estimate of drug-likeness (QED) is 0.195. The Morgan fingerprint density at radius 3 is 2.14 bits per heavy atom. The fourth-order valence-electron chi connectivity index (χ4n) is 4.83. The number of anilines is 1. The number of hydrogen-bond acceptors (Lipinski definition) is 5. The number of nitrogens with zero attached hydrogens (tertiary/aromatic N) is 2. The molecule has 0 fully saturated rings. The number of hydrogen-bond donors (Lipinski definition) is 1. The number of halogens is 1. The molecule has 0 saturated heterocycles. The van der Waals surface area contributed by atoms with Gasteiger partial charge in [0.15, 0.2) is 0 Å². The number of carbonyl (C=O) groups is 2. The molecular weight excluding hydrogens is 642 g/mol. The van der Waals surface area contributed by atoms with Crippen molar-refractivity contribution >= 4 is 43.5 Å². The van der Waals surface area contributed by atoms with Gasteiger partial charge in [-0.25, -0.2) is 8.42 Å². The molecule has 2 amide bonds. The highest BCUT2D eigenvalue weighted by Gasteiger charge is 2.34. The van der Waals surface area contributed by atoms with E-state index in [2.05, 4.69) is 21.2 Å². The normalized spacial score (nSPS) is 11.8. The molecular formula is C34H36BrN3O5S. The van der Waals surface area contributed by atoms with E-state index in [1.54, 1.807) is 36.4 Å². The maximum absolute atomic E-state index is 14.4. The standard InChI is InChI=1S/C34H36BrN3O5S/c1-4-43-30-18-16-29(17-19-30)38(44(41,42)31-20-14-28(35)15-21-31)24-33(39)37(23-27-13-9-8-10-25(27)2)32(34(40)36-3)22-26-11-6-5-7-12-26/h5-21,32H,4,22-24H2,1-3H3,(H,36,40)/t32-/m0/s1. The van der Waals surface area contributed by atoms with Crippen molar-refractivity contribution in [1.29, 1.82) is 0 Å². The Balaban J connectivity index is 1.79. The summed E-state index contributed by atoms with van der Waals surface area (Å²) in [4.78, 5) is 29.3. The summed E-state index contributed by atoms with van der Waals surface area (Å²) in [5, 5.41) is 2.70. The van der Waals surface area contributed by atoms with Crippen LogP contribution in [0, 0.1) is 6.92 Å². The van der Waals surface area contributed by atoms with E-state index < -0.39 is 28.5 Å². The predicted molar refractivity (Wildman–Crippen MR) is 176 cm³/mol. The van der Waals surface area contributed by atoms with Gasteiger partial charge in [0.25, 0.3) is 10.0 Å². The van der Waals surface area contributed by atoms with Crippen LogP contribution in [0.3, 0.4) is 0 Å². The molecule has 0 aromatic heterocycles. The van der Waals surface area contributed by atoms with Gasteiger partial charge in [0.05, 0.1) is 17.2 Å². The highest BCUT2D eigenvalue weighted by atomic mass is 79.9. The van der Waals surface area contributed by atoms with Crippen molar-refractivity contribution in [2.75, 3.05) is 24.5 Å². The third kappa shape index (κ3) is 8.06. The van der Waals surface area contributed by atoms with Gasteiger partial charge in [-0.3, -0.25) is 13.9 Å². The van der Waals surface area contributed by atoms with Crippen molar-refractivity contribution in [3.63, 3.8) is 0 Å². The molecule has 0 aliphatic rings. The van der Waals surface area contributed by atoms with Gasteiger partial charge >= 0.3 is 0 Å². The first-order valence-electron chi connectivity index (χ1n) is 14.2. The summed E-state index contributed by atoms with van der Waals surface area (Å²) in [6.07, 6.45) is 0.251. The summed E-state index contributed by atoms with van der Waals surface area (Å²) < 4.78 is 35.6. The third-order valence-electron chi connectivity index (χ3n) is 7.24. The topological polar surface area (TPSA) is 96.0 Å². The lowest BCUT2D eigenvalue weighted by Gasteiger charge is -2.34. The molecule has 0 radical (unpaired) electrons. The minimum Gasteiger partial charge on any atom is -0.494 e. The van der Waals surface area contributed by atoms with Crippen LogP contribution in [-0.2, 0) is 32.6 Å². The molecule has 8 nitrogen and oxygen atoms in total. The van der Waals surface area contributed by atoms with E-state index in [1.807, 2.05) is 68.4 Å². The number of carbonyl (C=O) groups excluding carboxylic acids is 2. The van der Waals surface area contributed by atoms with Gasteiger partial charge in [-0.1, -0.05) is 70.5 Å². The molecule has 10 heteroatoms. The molecule has 0 aliphatic heterocycles. The Morgan fingerprint density at radius 2 is 1.52 bits per heavy atom. The number of rotatable bonds is 13. The molecule has 44 heavy (non-hydrogen) atoms. The molecule has 4 aromatic carbocycles. The summed E-state index contributed by atoms with van der Waals surface area (Å²) >= 11 is 3.36. The molecule has 0 heterocycles. The number of aryl methyl sites for hydroxylation is 1. The largest absolute Gasteiger partial charge is 0.494 e. The van der Waals surface area contributed by atoms with Crippen molar-refractivity contribution in [2.45, 2.75) is 37.8 Å². The number of likely N-dealkylation sites (N-methyl/N-ethyl adjacent to an activating group) is 1. The van der Waals surface area contributed by atoms with Crippen molar-refractivity contribution in [3.05, 3.63) is 124 Å². The Hall–Kier alpha value is -4.15. The Labute approximate surface area is 267 Å². The second-order valence-electron chi connectivity index (χ2n) is 10.2. The van der Waals surface area contributed by atoms with Gasteiger partial charge in [-0.15, -0.1) is 0 Å². The van der Waals surface area contributed by atoms with Crippen LogP contribution >= 0.6 is 15.9 Å². The van der Waals surface area contributed by atoms with Crippen molar-refractivity contribution in [3.8, 4) is 5.75 Å². The monoisotopic (exact) mass is 677 g/mol. The molecule has 230 valence electrons. The first-order chi connectivity index (χ1) is 21.1. The SMILES string of the molecule is CCOc1ccc(N(CC(=O)N(Cc2ccccc2C)[C@@H](Cc2ccccc2)C(=O)NC)S(=O)(=O)c2ccc(Br)cc2)cc1. The van der Waals surface area contributed by atoms with E-state index in [9.17, 15) is 18.0 Å². The predicted octanol–water partition coefficient (Wildman–Crippen LogP) is 5.74. The van der Waals surface area contributed by atoms with Crippen LogP contribution in [0.2, 0.25) is 0 Å². The van der Waals surface area contributed by atoms with E-state index >= 15 is 0 Å². The van der Waals surface area contributed by atoms with Gasteiger partial charge in [-0.2, -0.15) is 0 Å². The van der Waals surface area contributed by atoms with Gasteiger partial charge < -0.3 is 15.0 Å². The number of amides is 2. The van der Waals surface area contributed by atoms with Crippen LogP contribution < -0.4 is 14.4 Å². The molecule has 1 atom stereocenters. The fourth-order valence-corrected chi connectivity index (χ4v) is 6.51. The Morgan fingerprint density at radius 1 is 0.886 bits per heavy atom. The molecule has 0 bridgehead atoms. The second-order valence-corrected chi connectivity index (χ2v) is 12.9. The van der Waals surface area contributed by atoms with Gasteiger partial charge in [0.2, 0.25) is 11.8 Å². The highest BCUT2D eigenvalue weighted by molar-refractivity contribution is 9.10. The smallest absolute Gasteiger partial charge is 0.264 e. The zero-order valence-corrected chi connectivity index (χ0v) is 27.3. The van der Waals surface area contributed by atoms with Crippen LogP contribution in [0.15, 0.2) is 112 Å². The van der Waals surface area contributed by atoms with E-state index in [-0.39, 0.29) is 23.8 Å². The third-order valence-corrected chi connectivity index (χ3v) is 9.55. The number of benzene rings is 4. The summed E-state index contributed by atoms with van der Waals surface area (Å²) in [5.74, 6) is -0.293. The highest BCUT2D eigenvalue weighted by Crippen LogP contribution is 2.28. The summed E-state index contributed by atoms with van der Waals surface area (Å²) in [6, 6.07) is 29.0. The van der Waals surface area contributed by atoms with E-state index in [4.69, 9.17) is 4.74 Å². The van der Waals surface area contributed by atoms with Gasteiger partial charge in [0.1, 0.15) is 18.3 Å². The fraction of sp³-hybridized carbons (Fsp3) is 0.235. The lowest BCUT2D eigenvalue weighted by Crippen LogP contribution is -2.53. The maximum Gasteiger partial charge on any atom is 0.264 e. The van der Waals surface area contributed by atoms with Gasteiger partial charge in [-0.05, 0) is 79.1 Å². The average Bonchev–Trinajstić information content (AvgIpc) is 3.03. The molecule has 0 saturated carbocycles. The van der Waals surface area contributed by atoms with Crippen LogP contribution in [0.5, 0.6) is 5.75 Å². The lowest BCUT2D eigenvalue weighted by molar-refractivity contribution is -0.139. The van der Waals surface area contributed by atoms with Crippen LogP contribution in [0.1, 0.15) is 23.6 Å². The number of nitrogens with one attached hydrogen (secondary N) is 1. The van der Waals surface area contributed by atoms with E-state index in [1.165, 1.54) is 24.1 Å². The minimum absolute atomic E-state index is 0.0278. The zero-order valence-electron chi connectivity index (χ0n) is 24.9. The van der Waals surface area contributed by atoms with Crippen LogP contribution in [-0.4, -0.2) is 51.4 Å². The van der Waals surface area contributed by atoms with Crippen molar-refractivity contribution < 1.29 is 22.7 Å². The molecule has 0 spiro atoms. The Kier molecular flexibility index (Phi) is 11.2. The molecule has 1 N–H and O–H groups in total. The molecule has 0 aliphatic carbocycles. The summed E-state index contributed by atoms with van der Waals surface area (Å²) in [7, 11) is -2.66. The van der Waals surface area contributed by atoms with Crippen molar-refractivity contribution in [1.82, 2.24) is 10.2 Å². The first kappa shape index (κ1) is 32.8. The van der Waals surface area contributed by atoms with E-state index in [0.717, 1.165) is 25.5 Å². The van der Waals surface area contributed by atoms with Crippen molar-refractivity contribution in [2.24, 2.45) is 0 Å². The summed E-state index contributed by atoms with van der Waals surface area (Å²) in [6.45, 7) is 3.84. The van der Waals surface area contributed by atoms with Gasteiger partial charge in [0, 0.05) is 24.5 Å². The first-order valence-corrected chi connectivity index (χ1v) is 16.5. The number of sulfonamides is 1. The maximum atomic E-state index is 14.4. The average molecular weight is 679 g/mol. The summed E-state index contributed by atoms with van der Waals surface area (Å²) in [5.41, 5.74) is 2.97. The molecule has 0 unspecified atom stereocenters. The van der Waals surface area contributed by atoms with Crippen LogP contribution in [0.25, 0.3) is 0 Å². The zero-order chi connectivity index (χ0) is 31.7. The molecule has 4 aromatic rings. The minimum atomic E-state index is -4.19. The van der Waals surface area contributed by atoms with E-state index in [0.29, 0.717) is 18.0 Å². The molecule has 4 rings (SSSR count). The Bertz CT molecular complexity index is 1660. The van der Waals surface area contributed by atoms with Crippen LogP contribution in [0.4, 0.5) is 5.69 Å². The number of ether oxygens (including phenoxy) is 1.